The van der Waals surface area contributed by atoms with Crippen molar-refractivity contribution < 1.29 is 0 Å². The monoisotopic (exact) mass is 494 g/mol. The molecule has 0 fully saturated rings. The maximum Gasteiger partial charge on any atom is 0.191 e. The molecule has 0 saturated carbocycles. The molecule has 7 heteroatoms. The Morgan fingerprint density at radius 1 is 1.29 bits per heavy atom. The first-order valence-corrected chi connectivity index (χ1v) is 9.58. The fourth-order valence-electron chi connectivity index (χ4n) is 3.34. The molecule has 0 aliphatic rings. The minimum absolute atomic E-state index is 0. The second-order valence-electron chi connectivity index (χ2n) is 7.30. The molecule has 3 aromatic rings. The summed E-state index contributed by atoms with van der Waals surface area (Å²) in [6.07, 6.45) is 6.94. The SMILES string of the molecule is CN=C(NCCc1c[nH]c2c(C)cccc12)NCc1nccn1CC(C)C.I. The van der Waals surface area contributed by atoms with E-state index in [-0.39, 0.29) is 24.0 Å². The van der Waals surface area contributed by atoms with E-state index in [0.717, 1.165) is 31.3 Å². The number of benzene rings is 1. The predicted octanol–water partition coefficient (Wildman–Crippen LogP) is 3.85. The average molecular weight is 494 g/mol. The quantitative estimate of drug-likeness (QED) is 0.266. The Hall–Kier alpha value is -2.03. The van der Waals surface area contributed by atoms with Crippen LogP contribution in [-0.2, 0) is 19.5 Å². The number of imidazole rings is 1. The number of guanidine groups is 1. The average Bonchev–Trinajstić information content (AvgIpc) is 3.25. The van der Waals surface area contributed by atoms with Gasteiger partial charge in [-0.15, -0.1) is 24.0 Å². The zero-order valence-electron chi connectivity index (χ0n) is 17.1. The molecule has 28 heavy (non-hydrogen) atoms. The number of para-hydroxylation sites is 1. The number of hydrogen-bond acceptors (Lipinski definition) is 2. The first-order valence-electron chi connectivity index (χ1n) is 9.58. The van der Waals surface area contributed by atoms with Gasteiger partial charge in [-0.05, 0) is 30.4 Å². The number of nitrogens with zero attached hydrogens (tertiary/aromatic N) is 3. The summed E-state index contributed by atoms with van der Waals surface area (Å²) in [5, 5.41) is 8.06. The molecular weight excluding hydrogens is 463 g/mol. The molecule has 152 valence electrons. The van der Waals surface area contributed by atoms with E-state index in [9.17, 15) is 0 Å². The standard InChI is InChI=1S/C21H30N6.HI/c1-15(2)14-27-11-10-23-19(27)13-26-21(22-4)24-9-8-17-12-25-20-16(3)6-5-7-18(17)20;/h5-7,10-12,15,25H,8-9,13-14H2,1-4H3,(H2,22,24,26);1H. The molecule has 2 heterocycles. The van der Waals surface area contributed by atoms with Crippen LogP contribution in [-0.4, -0.2) is 34.1 Å². The number of aromatic amines is 1. The maximum atomic E-state index is 4.45. The van der Waals surface area contributed by atoms with Gasteiger partial charge in [0, 0.05) is 49.6 Å². The molecule has 0 aliphatic carbocycles. The number of aliphatic imine (C=N–C) groups is 1. The molecule has 1 aromatic carbocycles. The van der Waals surface area contributed by atoms with Crippen molar-refractivity contribution in [1.29, 1.82) is 0 Å². The van der Waals surface area contributed by atoms with Crippen LogP contribution in [0.1, 0.15) is 30.8 Å². The largest absolute Gasteiger partial charge is 0.361 e. The summed E-state index contributed by atoms with van der Waals surface area (Å²) >= 11 is 0. The van der Waals surface area contributed by atoms with Gasteiger partial charge >= 0.3 is 0 Å². The molecule has 6 nitrogen and oxygen atoms in total. The predicted molar refractivity (Wildman–Crippen MR) is 127 cm³/mol. The number of rotatable bonds is 7. The van der Waals surface area contributed by atoms with E-state index in [0.29, 0.717) is 12.5 Å². The zero-order chi connectivity index (χ0) is 19.2. The highest BCUT2D eigenvalue weighted by Crippen LogP contribution is 2.21. The highest BCUT2D eigenvalue weighted by Gasteiger charge is 2.07. The molecule has 0 amide bonds. The Labute approximate surface area is 184 Å². The van der Waals surface area contributed by atoms with Crippen molar-refractivity contribution >= 4 is 40.8 Å². The van der Waals surface area contributed by atoms with Crippen molar-refractivity contribution in [3.8, 4) is 0 Å². The highest BCUT2D eigenvalue weighted by atomic mass is 127. The third-order valence-corrected chi connectivity index (χ3v) is 4.70. The number of H-pyrrole nitrogens is 1. The van der Waals surface area contributed by atoms with Gasteiger partial charge < -0.3 is 20.2 Å². The summed E-state index contributed by atoms with van der Waals surface area (Å²) in [6.45, 7) is 9.01. The lowest BCUT2D eigenvalue weighted by molar-refractivity contribution is 0.503. The van der Waals surface area contributed by atoms with E-state index < -0.39 is 0 Å². The number of halogens is 1. The van der Waals surface area contributed by atoms with Gasteiger partial charge in [0.1, 0.15) is 5.82 Å². The van der Waals surface area contributed by atoms with Crippen molar-refractivity contribution in [3.05, 3.63) is 53.7 Å². The second kappa shape index (κ2) is 10.5. The normalized spacial score (nSPS) is 11.7. The van der Waals surface area contributed by atoms with Gasteiger partial charge in [-0.1, -0.05) is 32.0 Å². The Morgan fingerprint density at radius 2 is 2.11 bits per heavy atom. The minimum Gasteiger partial charge on any atom is -0.361 e. The molecule has 3 rings (SSSR count). The smallest absolute Gasteiger partial charge is 0.191 e. The summed E-state index contributed by atoms with van der Waals surface area (Å²) in [5.41, 5.74) is 3.83. The number of aryl methyl sites for hydroxylation is 1. The van der Waals surface area contributed by atoms with Crippen LogP contribution < -0.4 is 10.6 Å². The lowest BCUT2D eigenvalue weighted by atomic mass is 10.1. The summed E-state index contributed by atoms with van der Waals surface area (Å²) in [5.74, 6) is 2.42. The molecule has 0 spiro atoms. The number of aromatic nitrogens is 3. The molecule has 0 saturated heterocycles. The zero-order valence-corrected chi connectivity index (χ0v) is 19.5. The minimum atomic E-state index is 0. The fourth-order valence-corrected chi connectivity index (χ4v) is 3.34. The number of hydrogen-bond donors (Lipinski definition) is 3. The molecule has 3 N–H and O–H groups in total. The van der Waals surface area contributed by atoms with Crippen molar-refractivity contribution in [1.82, 2.24) is 25.2 Å². The second-order valence-corrected chi connectivity index (χ2v) is 7.30. The van der Waals surface area contributed by atoms with Crippen LogP contribution in [0.25, 0.3) is 10.9 Å². The van der Waals surface area contributed by atoms with Crippen molar-refractivity contribution in [2.75, 3.05) is 13.6 Å². The van der Waals surface area contributed by atoms with Crippen LogP contribution in [0.15, 0.2) is 41.8 Å². The third kappa shape index (κ3) is 5.50. The highest BCUT2D eigenvalue weighted by molar-refractivity contribution is 14.0. The Morgan fingerprint density at radius 3 is 2.86 bits per heavy atom. The van der Waals surface area contributed by atoms with E-state index in [1.165, 1.54) is 22.0 Å². The Kier molecular flexibility index (Phi) is 8.35. The van der Waals surface area contributed by atoms with Gasteiger partial charge in [0.05, 0.1) is 6.54 Å². The summed E-state index contributed by atoms with van der Waals surface area (Å²) in [7, 11) is 1.80. The topological polar surface area (TPSA) is 70.0 Å². The van der Waals surface area contributed by atoms with Gasteiger partial charge in [0.25, 0.3) is 0 Å². The van der Waals surface area contributed by atoms with Crippen LogP contribution >= 0.6 is 24.0 Å². The van der Waals surface area contributed by atoms with Gasteiger partial charge in [-0.2, -0.15) is 0 Å². The Balaban J connectivity index is 0.00000280. The van der Waals surface area contributed by atoms with Gasteiger partial charge in [0.2, 0.25) is 0 Å². The molecule has 0 atom stereocenters. The summed E-state index contributed by atoms with van der Waals surface area (Å²) in [4.78, 5) is 12.2. The summed E-state index contributed by atoms with van der Waals surface area (Å²) in [6, 6.07) is 6.42. The molecule has 0 radical (unpaired) electrons. The van der Waals surface area contributed by atoms with Gasteiger partial charge in [0.15, 0.2) is 5.96 Å². The van der Waals surface area contributed by atoms with Crippen molar-refractivity contribution in [2.24, 2.45) is 10.9 Å². The first-order chi connectivity index (χ1) is 13.1. The van der Waals surface area contributed by atoms with Crippen LogP contribution in [0.4, 0.5) is 0 Å². The van der Waals surface area contributed by atoms with Crippen LogP contribution in [0, 0.1) is 12.8 Å². The van der Waals surface area contributed by atoms with E-state index in [1.807, 2.05) is 12.4 Å². The van der Waals surface area contributed by atoms with Gasteiger partial charge in [-0.3, -0.25) is 4.99 Å². The molecule has 0 unspecified atom stereocenters. The lowest BCUT2D eigenvalue weighted by Gasteiger charge is -2.14. The first kappa shape index (κ1) is 22.3. The van der Waals surface area contributed by atoms with E-state index in [2.05, 4.69) is 75.3 Å². The fraction of sp³-hybridized carbons (Fsp3) is 0.429. The third-order valence-electron chi connectivity index (χ3n) is 4.70. The van der Waals surface area contributed by atoms with Crippen LogP contribution in [0.2, 0.25) is 0 Å². The molecule has 2 aromatic heterocycles. The Bertz CT molecular complexity index is 909. The van der Waals surface area contributed by atoms with Crippen molar-refractivity contribution in [2.45, 2.75) is 40.3 Å². The maximum absolute atomic E-state index is 4.45. The summed E-state index contributed by atoms with van der Waals surface area (Å²) < 4.78 is 2.19. The molecule has 0 bridgehead atoms. The van der Waals surface area contributed by atoms with E-state index >= 15 is 0 Å². The van der Waals surface area contributed by atoms with Crippen molar-refractivity contribution in [3.63, 3.8) is 0 Å². The number of fused-ring (bicyclic) bond motifs is 1. The van der Waals surface area contributed by atoms with Gasteiger partial charge in [-0.25, -0.2) is 4.98 Å². The number of nitrogens with one attached hydrogen (secondary N) is 3. The van der Waals surface area contributed by atoms with Crippen LogP contribution in [0.3, 0.4) is 0 Å². The van der Waals surface area contributed by atoms with Crippen LogP contribution in [0.5, 0.6) is 0 Å². The lowest BCUT2D eigenvalue weighted by Crippen LogP contribution is -2.38. The molecule has 0 aliphatic heterocycles. The van der Waals surface area contributed by atoms with E-state index in [4.69, 9.17) is 0 Å². The molecular formula is C21H31IN6. The van der Waals surface area contributed by atoms with E-state index in [1.54, 1.807) is 7.05 Å².